The van der Waals surface area contributed by atoms with E-state index in [9.17, 15) is 9.59 Å². The van der Waals surface area contributed by atoms with Crippen LogP contribution < -0.4 is 10.7 Å². The third-order valence-electron chi connectivity index (χ3n) is 5.09. The van der Waals surface area contributed by atoms with E-state index in [2.05, 4.69) is 9.88 Å². The van der Waals surface area contributed by atoms with Gasteiger partial charge in [0.1, 0.15) is 0 Å². The van der Waals surface area contributed by atoms with Gasteiger partial charge < -0.3 is 14.2 Å². The number of rotatable bonds is 2. The summed E-state index contributed by atoms with van der Waals surface area (Å²) < 4.78 is 5.14. The zero-order valence-corrected chi connectivity index (χ0v) is 14.9. The van der Waals surface area contributed by atoms with E-state index in [1.54, 1.807) is 0 Å². The maximum absolute atomic E-state index is 12.7. The Morgan fingerprint density at radius 1 is 1.00 bits per heavy atom. The first-order valence-corrected chi connectivity index (χ1v) is 8.75. The SMILES string of the molecule is Cc1ccc(C(=O)N2CCN(c3ccc4[nH]c(=O)oc4c3)CC2)cc1C. The summed E-state index contributed by atoms with van der Waals surface area (Å²) in [4.78, 5) is 30.8. The summed E-state index contributed by atoms with van der Waals surface area (Å²) in [5.74, 6) is -0.360. The largest absolute Gasteiger partial charge is 0.417 e. The predicted molar refractivity (Wildman–Crippen MR) is 101 cm³/mol. The third-order valence-corrected chi connectivity index (χ3v) is 5.09. The van der Waals surface area contributed by atoms with Crippen molar-refractivity contribution in [3.8, 4) is 0 Å². The maximum Gasteiger partial charge on any atom is 0.417 e. The molecule has 0 saturated carbocycles. The maximum atomic E-state index is 12.7. The Bertz CT molecular complexity index is 1030. The highest BCUT2D eigenvalue weighted by atomic mass is 16.4. The molecule has 1 aliphatic rings. The summed E-state index contributed by atoms with van der Waals surface area (Å²) in [6.07, 6.45) is 0. The minimum absolute atomic E-state index is 0.0832. The van der Waals surface area contributed by atoms with Crippen LogP contribution in [0.1, 0.15) is 21.5 Å². The molecule has 0 aliphatic carbocycles. The topological polar surface area (TPSA) is 69.6 Å². The van der Waals surface area contributed by atoms with Gasteiger partial charge in [0.05, 0.1) is 5.52 Å². The molecule has 1 N–H and O–H groups in total. The number of oxazole rings is 1. The number of anilines is 1. The number of fused-ring (bicyclic) bond motifs is 1. The molecular weight excluding hydrogens is 330 g/mol. The van der Waals surface area contributed by atoms with Gasteiger partial charge in [0.2, 0.25) is 0 Å². The molecule has 1 saturated heterocycles. The minimum Gasteiger partial charge on any atom is -0.408 e. The number of hydrogen-bond donors (Lipinski definition) is 1. The molecule has 0 unspecified atom stereocenters. The molecule has 1 aromatic heterocycles. The molecule has 4 rings (SSSR count). The molecule has 1 fully saturated rings. The summed E-state index contributed by atoms with van der Waals surface area (Å²) in [6, 6.07) is 11.5. The van der Waals surface area contributed by atoms with Crippen LogP contribution in [0.3, 0.4) is 0 Å². The van der Waals surface area contributed by atoms with Crippen molar-refractivity contribution < 1.29 is 9.21 Å². The summed E-state index contributed by atoms with van der Waals surface area (Å²) in [7, 11) is 0. The Labute approximate surface area is 151 Å². The van der Waals surface area contributed by atoms with Crippen LogP contribution in [0.25, 0.3) is 11.1 Å². The fourth-order valence-electron chi connectivity index (χ4n) is 3.36. The van der Waals surface area contributed by atoms with Gasteiger partial charge in [-0.25, -0.2) is 4.79 Å². The molecule has 0 spiro atoms. The number of aromatic nitrogens is 1. The molecule has 1 aliphatic heterocycles. The van der Waals surface area contributed by atoms with Crippen molar-refractivity contribution in [2.24, 2.45) is 0 Å². The molecule has 0 atom stereocenters. The first-order chi connectivity index (χ1) is 12.5. The van der Waals surface area contributed by atoms with Crippen LogP contribution in [-0.4, -0.2) is 42.0 Å². The summed E-state index contributed by atoms with van der Waals surface area (Å²) in [5.41, 5.74) is 5.33. The Kier molecular flexibility index (Phi) is 4.03. The lowest BCUT2D eigenvalue weighted by Gasteiger charge is -2.36. The molecule has 0 radical (unpaired) electrons. The Balaban J connectivity index is 1.46. The first kappa shape index (κ1) is 16.4. The lowest BCUT2D eigenvalue weighted by Crippen LogP contribution is -2.48. The van der Waals surface area contributed by atoms with E-state index < -0.39 is 5.76 Å². The number of nitrogens with one attached hydrogen (secondary N) is 1. The van der Waals surface area contributed by atoms with Crippen LogP contribution in [0, 0.1) is 13.8 Å². The Morgan fingerprint density at radius 2 is 1.77 bits per heavy atom. The Morgan fingerprint density at radius 3 is 2.50 bits per heavy atom. The highest BCUT2D eigenvalue weighted by Crippen LogP contribution is 2.22. The number of H-pyrrole nitrogens is 1. The number of aryl methyl sites for hydroxylation is 2. The van der Waals surface area contributed by atoms with Gasteiger partial charge in [0.15, 0.2) is 5.58 Å². The van der Waals surface area contributed by atoms with Crippen LogP contribution in [0.5, 0.6) is 0 Å². The van der Waals surface area contributed by atoms with Crippen LogP contribution >= 0.6 is 0 Å². The van der Waals surface area contributed by atoms with Gasteiger partial charge in [-0.15, -0.1) is 0 Å². The summed E-state index contributed by atoms with van der Waals surface area (Å²) >= 11 is 0. The highest BCUT2D eigenvalue weighted by molar-refractivity contribution is 5.94. The fourth-order valence-corrected chi connectivity index (χ4v) is 3.36. The van der Waals surface area contributed by atoms with Gasteiger partial charge in [-0.1, -0.05) is 6.07 Å². The van der Waals surface area contributed by atoms with Crippen molar-refractivity contribution in [3.05, 3.63) is 63.6 Å². The third kappa shape index (κ3) is 2.98. The molecule has 2 heterocycles. The normalized spacial score (nSPS) is 14.8. The second-order valence-corrected chi connectivity index (χ2v) is 6.77. The average molecular weight is 351 g/mol. The van der Waals surface area contributed by atoms with E-state index >= 15 is 0 Å². The number of benzene rings is 2. The number of aromatic amines is 1. The standard InChI is InChI=1S/C20H21N3O3/c1-13-3-4-15(11-14(13)2)19(24)23-9-7-22(8-10-23)16-5-6-17-18(12-16)26-20(25)21-17/h3-6,11-12H,7-10H2,1-2H3,(H,21,25). The molecular formula is C20H21N3O3. The van der Waals surface area contributed by atoms with E-state index in [1.165, 1.54) is 5.56 Å². The zero-order chi connectivity index (χ0) is 18.3. The molecule has 3 aromatic rings. The quantitative estimate of drug-likeness (QED) is 0.771. The number of nitrogens with zero attached hydrogens (tertiary/aromatic N) is 2. The number of amides is 1. The van der Waals surface area contributed by atoms with E-state index in [1.807, 2.05) is 55.1 Å². The lowest BCUT2D eigenvalue weighted by atomic mass is 10.1. The fraction of sp³-hybridized carbons (Fsp3) is 0.300. The Hall–Kier alpha value is -3.02. The van der Waals surface area contributed by atoms with Crippen LogP contribution in [0.15, 0.2) is 45.6 Å². The molecule has 26 heavy (non-hydrogen) atoms. The summed E-state index contributed by atoms with van der Waals surface area (Å²) in [6.45, 7) is 6.90. The second-order valence-electron chi connectivity index (χ2n) is 6.77. The van der Waals surface area contributed by atoms with E-state index in [0.29, 0.717) is 24.2 Å². The van der Waals surface area contributed by atoms with Crippen LogP contribution in [0.2, 0.25) is 0 Å². The predicted octanol–water partition coefficient (Wildman–Crippen LogP) is 2.70. The molecule has 1 amide bonds. The van der Waals surface area contributed by atoms with Gasteiger partial charge in [-0.2, -0.15) is 0 Å². The molecule has 6 heteroatoms. The number of carbonyl (C=O) groups excluding carboxylic acids is 1. The van der Waals surface area contributed by atoms with Crippen molar-refractivity contribution in [2.45, 2.75) is 13.8 Å². The second kappa shape index (κ2) is 6.37. The number of hydrogen-bond acceptors (Lipinski definition) is 4. The van der Waals surface area contributed by atoms with Crippen molar-refractivity contribution in [3.63, 3.8) is 0 Å². The number of carbonyl (C=O) groups is 1. The molecule has 6 nitrogen and oxygen atoms in total. The molecule has 0 bridgehead atoms. The zero-order valence-electron chi connectivity index (χ0n) is 14.9. The van der Waals surface area contributed by atoms with Crippen molar-refractivity contribution >= 4 is 22.7 Å². The van der Waals surface area contributed by atoms with Crippen LogP contribution in [-0.2, 0) is 0 Å². The lowest BCUT2D eigenvalue weighted by molar-refractivity contribution is 0.0746. The van der Waals surface area contributed by atoms with Gasteiger partial charge in [0, 0.05) is 43.5 Å². The summed E-state index contributed by atoms with van der Waals surface area (Å²) in [5, 5.41) is 0. The van der Waals surface area contributed by atoms with E-state index in [0.717, 1.165) is 29.9 Å². The van der Waals surface area contributed by atoms with Gasteiger partial charge in [0.25, 0.3) is 5.91 Å². The van der Waals surface area contributed by atoms with Crippen LogP contribution in [0.4, 0.5) is 5.69 Å². The molecule has 2 aromatic carbocycles. The average Bonchev–Trinajstić information content (AvgIpc) is 3.02. The smallest absolute Gasteiger partial charge is 0.408 e. The highest BCUT2D eigenvalue weighted by Gasteiger charge is 2.23. The van der Waals surface area contributed by atoms with Crippen molar-refractivity contribution in [2.75, 3.05) is 31.1 Å². The van der Waals surface area contributed by atoms with Crippen molar-refractivity contribution in [1.29, 1.82) is 0 Å². The van der Waals surface area contributed by atoms with E-state index in [-0.39, 0.29) is 5.91 Å². The van der Waals surface area contributed by atoms with Gasteiger partial charge in [-0.3, -0.25) is 9.78 Å². The monoisotopic (exact) mass is 351 g/mol. The minimum atomic E-state index is -0.444. The van der Waals surface area contributed by atoms with Gasteiger partial charge >= 0.3 is 5.76 Å². The van der Waals surface area contributed by atoms with Crippen molar-refractivity contribution in [1.82, 2.24) is 9.88 Å². The molecule has 134 valence electrons. The number of piperazine rings is 1. The first-order valence-electron chi connectivity index (χ1n) is 8.75. The van der Waals surface area contributed by atoms with E-state index in [4.69, 9.17) is 4.42 Å². The van der Waals surface area contributed by atoms with Gasteiger partial charge in [-0.05, 0) is 49.2 Å².